The average molecular weight is 110 g/mol. The molecule has 1 aliphatic rings. The van der Waals surface area contributed by atoms with E-state index in [-0.39, 0.29) is 0 Å². The van der Waals surface area contributed by atoms with Crippen LogP contribution in [0.1, 0.15) is 32.6 Å². The molecule has 0 heteroatoms. The third-order valence-electron chi connectivity index (χ3n) is 1.85. The van der Waals surface area contributed by atoms with E-state index >= 15 is 0 Å². The van der Waals surface area contributed by atoms with Crippen LogP contribution in [-0.4, -0.2) is 0 Å². The fourth-order valence-corrected chi connectivity index (χ4v) is 1.00. The molecule has 0 aromatic heterocycles. The number of hydrogen-bond donors (Lipinski definition) is 0. The van der Waals surface area contributed by atoms with Gasteiger partial charge in [0.2, 0.25) is 0 Å². The molecule has 0 spiro atoms. The van der Waals surface area contributed by atoms with E-state index in [0.29, 0.717) is 0 Å². The maximum atomic E-state index is 2.43. The molecule has 1 aliphatic carbocycles. The highest BCUT2D eigenvalue weighted by atomic mass is 14.2. The highest BCUT2D eigenvalue weighted by Crippen LogP contribution is 2.29. The van der Waals surface area contributed by atoms with Crippen molar-refractivity contribution < 1.29 is 0 Å². The zero-order valence-electron chi connectivity index (χ0n) is 5.56. The zero-order valence-corrected chi connectivity index (χ0v) is 5.56. The molecule has 1 rings (SSSR count). The quantitative estimate of drug-likeness (QED) is 0.524. The lowest BCUT2D eigenvalue weighted by Gasteiger charge is -2.24. The predicted octanol–water partition coefficient (Wildman–Crippen LogP) is 2.61. The summed E-state index contributed by atoms with van der Waals surface area (Å²) in [5.41, 5.74) is 0. The summed E-state index contributed by atoms with van der Waals surface area (Å²) in [6, 6.07) is 0. The second-order valence-electron chi connectivity index (χ2n) is 2.57. The van der Waals surface area contributed by atoms with Gasteiger partial charge in [-0.2, -0.15) is 0 Å². The standard InChI is InChI=1S/C8H14/c1-2-3-5-8-6-4-7-8/h2,5,8H,3-4,6-7H2,1H3. The molecule has 0 N–H and O–H groups in total. The first kappa shape index (κ1) is 6.12. The molecule has 2 radical (unpaired) electrons. The average Bonchev–Trinajstić information content (AvgIpc) is 1.63. The van der Waals surface area contributed by atoms with Crippen LogP contribution in [0.3, 0.4) is 0 Å². The van der Waals surface area contributed by atoms with E-state index in [1.165, 1.54) is 25.7 Å². The van der Waals surface area contributed by atoms with Crippen molar-refractivity contribution in [2.24, 2.45) is 5.92 Å². The first-order chi connectivity index (χ1) is 3.93. The van der Waals surface area contributed by atoms with Gasteiger partial charge in [0.05, 0.1) is 0 Å². The van der Waals surface area contributed by atoms with Crippen molar-refractivity contribution in [2.45, 2.75) is 32.6 Å². The van der Waals surface area contributed by atoms with Crippen LogP contribution in [0.5, 0.6) is 0 Å². The lowest BCUT2D eigenvalue weighted by molar-refractivity contribution is 0.357. The first-order valence-corrected chi connectivity index (χ1v) is 3.54. The van der Waals surface area contributed by atoms with E-state index in [9.17, 15) is 0 Å². The Bertz CT molecular complexity index is 53.1. The summed E-state index contributed by atoms with van der Waals surface area (Å²) in [4.78, 5) is 0. The van der Waals surface area contributed by atoms with E-state index in [1.54, 1.807) is 0 Å². The normalized spacial score (nSPS) is 20.6. The minimum absolute atomic E-state index is 0.978. The zero-order chi connectivity index (χ0) is 5.82. The maximum Gasteiger partial charge on any atom is -0.0352 e. The van der Waals surface area contributed by atoms with Gasteiger partial charge in [-0.25, -0.2) is 0 Å². The van der Waals surface area contributed by atoms with Crippen molar-refractivity contribution in [1.82, 2.24) is 0 Å². The number of unbranched alkanes of at least 4 members (excludes halogenated alkanes) is 1. The van der Waals surface area contributed by atoms with Crippen molar-refractivity contribution >= 4 is 0 Å². The van der Waals surface area contributed by atoms with Gasteiger partial charge >= 0.3 is 0 Å². The molecule has 46 valence electrons. The molecule has 1 saturated carbocycles. The largest absolute Gasteiger partial charge is 0.0622 e. The van der Waals surface area contributed by atoms with Crippen molar-refractivity contribution in [3.8, 4) is 0 Å². The molecule has 8 heavy (non-hydrogen) atoms. The van der Waals surface area contributed by atoms with Gasteiger partial charge in [-0.3, -0.25) is 0 Å². The van der Waals surface area contributed by atoms with Crippen LogP contribution in [-0.2, 0) is 0 Å². The molecule has 0 amide bonds. The fraction of sp³-hybridized carbons (Fsp3) is 0.750. The van der Waals surface area contributed by atoms with E-state index in [0.717, 1.165) is 5.92 Å². The van der Waals surface area contributed by atoms with E-state index in [4.69, 9.17) is 0 Å². The molecule has 0 saturated heterocycles. The summed E-state index contributed by atoms with van der Waals surface area (Å²) < 4.78 is 0. The Labute approximate surface area is 52.3 Å². The Balaban J connectivity index is 1.86. The Morgan fingerprint density at radius 1 is 1.50 bits per heavy atom. The van der Waals surface area contributed by atoms with Crippen LogP contribution in [0.2, 0.25) is 0 Å². The Morgan fingerprint density at radius 2 is 2.25 bits per heavy atom. The Hall–Kier alpha value is 0. The predicted molar refractivity (Wildman–Crippen MR) is 36.2 cm³/mol. The van der Waals surface area contributed by atoms with Gasteiger partial charge in [-0.05, 0) is 25.2 Å². The Kier molecular flexibility index (Phi) is 2.38. The van der Waals surface area contributed by atoms with Crippen LogP contribution in [0.15, 0.2) is 0 Å². The third-order valence-corrected chi connectivity index (χ3v) is 1.85. The highest BCUT2D eigenvalue weighted by Gasteiger charge is 2.15. The van der Waals surface area contributed by atoms with Gasteiger partial charge in [0.15, 0.2) is 0 Å². The van der Waals surface area contributed by atoms with Crippen LogP contribution in [0, 0.1) is 18.8 Å². The molecule has 1 fully saturated rings. The lowest BCUT2D eigenvalue weighted by Crippen LogP contribution is -2.10. The molecule has 0 heterocycles. The van der Waals surface area contributed by atoms with Crippen molar-refractivity contribution in [2.75, 3.05) is 0 Å². The van der Waals surface area contributed by atoms with Gasteiger partial charge in [0, 0.05) is 0 Å². The summed E-state index contributed by atoms with van der Waals surface area (Å²) in [5.74, 6) is 0.978. The topological polar surface area (TPSA) is 0 Å². The van der Waals surface area contributed by atoms with E-state index in [1.807, 2.05) is 0 Å². The minimum atomic E-state index is 0.978. The highest BCUT2D eigenvalue weighted by molar-refractivity contribution is 4.85. The van der Waals surface area contributed by atoms with Crippen molar-refractivity contribution in [3.05, 3.63) is 12.8 Å². The first-order valence-electron chi connectivity index (χ1n) is 3.54. The molecule has 0 aromatic carbocycles. The molecule has 0 aromatic rings. The van der Waals surface area contributed by atoms with Crippen LogP contribution in [0.25, 0.3) is 0 Å². The maximum absolute atomic E-state index is 2.43. The lowest BCUT2D eigenvalue weighted by atomic mass is 9.82. The molecular weight excluding hydrogens is 96.1 g/mol. The van der Waals surface area contributed by atoms with Crippen LogP contribution < -0.4 is 0 Å². The second-order valence-corrected chi connectivity index (χ2v) is 2.57. The SMILES string of the molecule is C[CH]C[CH]C1CCC1. The summed E-state index contributed by atoms with van der Waals surface area (Å²) in [6.45, 7) is 2.12. The monoisotopic (exact) mass is 110 g/mol. The van der Waals surface area contributed by atoms with Gasteiger partial charge in [-0.1, -0.05) is 26.2 Å². The smallest absolute Gasteiger partial charge is 0.0352 e. The van der Waals surface area contributed by atoms with Gasteiger partial charge in [-0.15, -0.1) is 0 Å². The molecule has 0 bridgehead atoms. The summed E-state index contributed by atoms with van der Waals surface area (Å²) in [6.07, 6.45) is 10.2. The molecule has 0 atom stereocenters. The fourth-order valence-electron chi connectivity index (χ4n) is 1.00. The molecule has 0 nitrogen and oxygen atoms in total. The summed E-state index contributed by atoms with van der Waals surface area (Å²) >= 11 is 0. The molecule has 0 aliphatic heterocycles. The minimum Gasteiger partial charge on any atom is -0.0622 e. The van der Waals surface area contributed by atoms with Gasteiger partial charge in [0.25, 0.3) is 0 Å². The van der Waals surface area contributed by atoms with Crippen molar-refractivity contribution in [1.29, 1.82) is 0 Å². The molecule has 0 unspecified atom stereocenters. The van der Waals surface area contributed by atoms with E-state index < -0.39 is 0 Å². The number of rotatable bonds is 3. The Morgan fingerprint density at radius 3 is 2.62 bits per heavy atom. The third kappa shape index (κ3) is 1.50. The number of hydrogen-bond acceptors (Lipinski definition) is 0. The van der Waals surface area contributed by atoms with Crippen LogP contribution >= 0.6 is 0 Å². The van der Waals surface area contributed by atoms with Gasteiger partial charge < -0.3 is 0 Å². The van der Waals surface area contributed by atoms with E-state index in [2.05, 4.69) is 19.8 Å². The molecular formula is C8H14. The van der Waals surface area contributed by atoms with Crippen molar-refractivity contribution in [3.63, 3.8) is 0 Å². The summed E-state index contributed by atoms with van der Waals surface area (Å²) in [5, 5.41) is 0. The van der Waals surface area contributed by atoms with Gasteiger partial charge in [0.1, 0.15) is 0 Å². The van der Waals surface area contributed by atoms with Crippen LogP contribution in [0.4, 0.5) is 0 Å². The summed E-state index contributed by atoms with van der Waals surface area (Å²) in [7, 11) is 0. The second kappa shape index (κ2) is 3.11.